The lowest BCUT2D eigenvalue weighted by Gasteiger charge is -2.15. The highest BCUT2D eigenvalue weighted by atomic mass is 19.4. The number of anilines is 1. The lowest BCUT2D eigenvalue weighted by molar-refractivity contribution is -0.137. The molecule has 1 aromatic carbocycles. The van der Waals surface area contributed by atoms with E-state index in [4.69, 9.17) is 10.5 Å². The van der Waals surface area contributed by atoms with E-state index in [9.17, 15) is 13.2 Å². The summed E-state index contributed by atoms with van der Waals surface area (Å²) in [6.07, 6.45) is 0.532. The molecule has 2 rings (SSSR count). The molecular formula is C14H8F3N5. The molecule has 0 aliphatic rings. The topological polar surface area (TPSA) is 77.4 Å². The number of allylic oxidation sites excluding steroid dienone is 1. The molecule has 0 aliphatic carbocycles. The minimum atomic E-state index is -4.56. The normalized spacial score (nSPS) is 10.4. The van der Waals surface area contributed by atoms with Crippen molar-refractivity contribution in [3.05, 3.63) is 54.3 Å². The van der Waals surface area contributed by atoms with Gasteiger partial charge in [0, 0.05) is 24.3 Å². The van der Waals surface area contributed by atoms with Crippen molar-refractivity contribution in [2.75, 3.05) is 5.32 Å². The van der Waals surface area contributed by atoms with Gasteiger partial charge in [0.25, 0.3) is 0 Å². The molecule has 0 atom stereocenters. The Hall–Kier alpha value is -3.26. The highest BCUT2D eigenvalue weighted by Crippen LogP contribution is 2.35. The molecular weight excluding hydrogens is 295 g/mol. The summed E-state index contributed by atoms with van der Waals surface area (Å²) in [5.74, 6) is 0. The maximum absolute atomic E-state index is 13.2. The molecule has 5 nitrogen and oxygen atoms in total. The Bertz CT molecular complexity index is 760. The number of benzene rings is 1. The summed E-state index contributed by atoms with van der Waals surface area (Å²) in [6.45, 7) is 0. The third kappa shape index (κ3) is 3.25. The van der Waals surface area contributed by atoms with Crippen molar-refractivity contribution < 1.29 is 13.2 Å². The fourth-order valence-corrected chi connectivity index (χ4v) is 1.72. The Morgan fingerprint density at radius 2 is 2.00 bits per heavy atom. The first-order valence-electron chi connectivity index (χ1n) is 5.92. The second kappa shape index (κ2) is 6.02. The van der Waals surface area contributed by atoms with Crippen LogP contribution in [0.15, 0.2) is 48.7 Å². The Morgan fingerprint density at radius 1 is 1.27 bits per heavy atom. The molecule has 0 amide bonds. The van der Waals surface area contributed by atoms with Crippen molar-refractivity contribution in [2.24, 2.45) is 0 Å². The van der Waals surface area contributed by atoms with Crippen LogP contribution in [0.4, 0.5) is 18.9 Å². The van der Waals surface area contributed by atoms with E-state index in [1.807, 2.05) is 0 Å². The molecule has 22 heavy (non-hydrogen) atoms. The Balaban J connectivity index is 2.44. The number of imidazole rings is 1. The third-order valence-electron chi connectivity index (χ3n) is 2.71. The molecule has 0 radical (unpaired) electrons. The fraction of sp³-hybridized carbons (Fsp3) is 0.0714. The van der Waals surface area contributed by atoms with Crippen LogP contribution in [0.2, 0.25) is 0 Å². The molecule has 1 aromatic heterocycles. The van der Waals surface area contributed by atoms with E-state index in [1.165, 1.54) is 35.4 Å². The fourth-order valence-electron chi connectivity index (χ4n) is 1.72. The second-order valence-electron chi connectivity index (χ2n) is 4.13. The number of halogens is 3. The summed E-state index contributed by atoms with van der Waals surface area (Å²) in [5, 5.41) is 19.7. The van der Waals surface area contributed by atoms with E-state index < -0.39 is 11.7 Å². The van der Waals surface area contributed by atoms with Crippen molar-refractivity contribution in [1.29, 1.82) is 10.5 Å². The molecule has 0 bridgehead atoms. The number of nitriles is 2. The SMILES string of the molecule is N#CC(C#N)=CNc1ccc(-n2ccnc2)c(C(F)(F)F)c1. The molecule has 0 unspecified atom stereocenters. The van der Waals surface area contributed by atoms with Gasteiger partial charge >= 0.3 is 6.18 Å². The van der Waals surface area contributed by atoms with Crippen LogP contribution in [-0.4, -0.2) is 9.55 Å². The first-order valence-corrected chi connectivity index (χ1v) is 5.92. The van der Waals surface area contributed by atoms with Crippen LogP contribution in [0.5, 0.6) is 0 Å². The number of nitrogens with zero attached hydrogens (tertiary/aromatic N) is 4. The lowest BCUT2D eigenvalue weighted by atomic mass is 10.1. The van der Waals surface area contributed by atoms with E-state index in [1.54, 1.807) is 12.1 Å². The van der Waals surface area contributed by atoms with Gasteiger partial charge in [-0.2, -0.15) is 23.7 Å². The minimum absolute atomic E-state index is 0.0691. The van der Waals surface area contributed by atoms with E-state index in [-0.39, 0.29) is 16.9 Å². The summed E-state index contributed by atoms with van der Waals surface area (Å²) < 4.78 is 40.8. The molecule has 110 valence electrons. The van der Waals surface area contributed by atoms with Crippen LogP contribution in [0.3, 0.4) is 0 Å². The van der Waals surface area contributed by atoms with Crippen molar-refractivity contribution in [1.82, 2.24) is 9.55 Å². The van der Waals surface area contributed by atoms with Gasteiger partial charge in [0.15, 0.2) is 0 Å². The molecule has 0 saturated heterocycles. The average Bonchev–Trinajstić information content (AvgIpc) is 3.01. The smallest absolute Gasteiger partial charge is 0.360 e. The predicted octanol–water partition coefficient (Wildman–Crippen LogP) is 3.23. The monoisotopic (exact) mass is 303 g/mol. The first-order chi connectivity index (χ1) is 10.5. The maximum atomic E-state index is 13.2. The number of alkyl halides is 3. The van der Waals surface area contributed by atoms with E-state index in [0.29, 0.717) is 0 Å². The zero-order chi connectivity index (χ0) is 16.2. The van der Waals surface area contributed by atoms with Gasteiger partial charge in [-0.3, -0.25) is 0 Å². The van der Waals surface area contributed by atoms with Gasteiger partial charge in [-0.05, 0) is 18.2 Å². The van der Waals surface area contributed by atoms with Gasteiger partial charge in [0.1, 0.15) is 17.7 Å². The van der Waals surface area contributed by atoms with E-state index >= 15 is 0 Å². The zero-order valence-electron chi connectivity index (χ0n) is 11.0. The van der Waals surface area contributed by atoms with Crippen LogP contribution in [0.25, 0.3) is 5.69 Å². The van der Waals surface area contributed by atoms with Crippen LogP contribution in [-0.2, 0) is 6.18 Å². The summed E-state index contributed by atoms with van der Waals surface area (Å²) in [7, 11) is 0. The van der Waals surface area contributed by atoms with E-state index in [0.717, 1.165) is 12.3 Å². The van der Waals surface area contributed by atoms with Crippen LogP contribution >= 0.6 is 0 Å². The summed E-state index contributed by atoms with van der Waals surface area (Å²) >= 11 is 0. The Morgan fingerprint density at radius 3 is 2.55 bits per heavy atom. The van der Waals surface area contributed by atoms with Gasteiger partial charge in [-0.1, -0.05) is 0 Å². The van der Waals surface area contributed by atoms with Crippen LogP contribution in [0.1, 0.15) is 5.56 Å². The number of rotatable bonds is 3. The molecule has 1 heterocycles. The van der Waals surface area contributed by atoms with Gasteiger partial charge in [-0.15, -0.1) is 0 Å². The number of hydrogen-bond acceptors (Lipinski definition) is 4. The second-order valence-corrected chi connectivity index (χ2v) is 4.13. The maximum Gasteiger partial charge on any atom is 0.418 e. The Labute approximate surface area is 123 Å². The minimum Gasteiger partial charge on any atom is -0.360 e. The third-order valence-corrected chi connectivity index (χ3v) is 2.71. The molecule has 0 fully saturated rings. The lowest BCUT2D eigenvalue weighted by Crippen LogP contribution is -2.10. The highest BCUT2D eigenvalue weighted by Gasteiger charge is 2.34. The van der Waals surface area contributed by atoms with Gasteiger partial charge in [0.2, 0.25) is 0 Å². The van der Waals surface area contributed by atoms with Gasteiger partial charge in [-0.25, -0.2) is 4.98 Å². The molecule has 0 spiro atoms. The largest absolute Gasteiger partial charge is 0.418 e. The molecule has 0 saturated carbocycles. The van der Waals surface area contributed by atoms with E-state index in [2.05, 4.69) is 10.3 Å². The van der Waals surface area contributed by atoms with Gasteiger partial charge < -0.3 is 9.88 Å². The first kappa shape index (κ1) is 15.1. The summed E-state index contributed by atoms with van der Waals surface area (Å²) in [4.78, 5) is 3.72. The van der Waals surface area contributed by atoms with Gasteiger partial charge in [0.05, 0.1) is 17.6 Å². The molecule has 1 N–H and O–H groups in total. The molecule has 0 aliphatic heterocycles. The van der Waals surface area contributed by atoms with Crippen molar-refractivity contribution in [2.45, 2.75) is 6.18 Å². The zero-order valence-corrected chi connectivity index (χ0v) is 11.0. The molecule has 2 aromatic rings. The molecule has 8 heteroatoms. The van der Waals surface area contributed by atoms with Crippen molar-refractivity contribution in [3.63, 3.8) is 0 Å². The number of aromatic nitrogens is 2. The van der Waals surface area contributed by atoms with Crippen molar-refractivity contribution in [3.8, 4) is 17.8 Å². The number of hydrogen-bond donors (Lipinski definition) is 1. The quantitative estimate of drug-likeness (QED) is 0.883. The average molecular weight is 303 g/mol. The standard InChI is InChI=1S/C14H8F3N5/c15-14(16,17)12-5-11(21-8-10(6-18)7-19)1-2-13(12)22-4-3-20-9-22/h1-5,8-9,21H. The highest BCUT2D eigenvalue weighted by molar-refractivity contribution is 5.57. The summed E-state index contributed by atoms with van der Waals surface area (Å²) in [5.41, 5.74) is -1.06. The summed E-state index contributed by atoms with van der Waals surface area (Å²) in [6, 6.07) is 6.80. The predicted molar refractivity (Wildman–Crippen MR) is 71.5 cm³/mol. The van der Waals surface area contributed by atoms with Crippen LogP contribution in [0, 0.1) is 22.7 Å². The van der Waals surface area contributed by atoms with Crippen LogP contribution < -0.4 is 5.32 Å². The van der Waals surface area contributed by atoms with Crippen molar-refractivity contribution >= 4 is 5.69 Å². The number of nitrogens with one attached hydrogen (secondary N) is 1. The Kier molecular flexibility index (Phi) is 4.14.